The van der Waals surface area contributed by atoms with Crippen LogP contribution in [0.4, 0.5) is 0 Å². The van der Waals surface area contributed by atoms with Crippen LogP contribution >= 0.6 is 0 Å². The number of nitrogens with zero attached hydrogens (tertiary/aromatic N) is 1. The molecule has 0 aromatic heterocycles. The Kier molecular flexibility index (Phi) is 3.14. The van der Waals surface area contributed by atoms with Crippen molar-refractivity contribution in [1.82, 2.24) is 10.2 Å². The average molecular weight is 226 g/mol. The fourth-order valence-corrected chi connectivity index (χ4v) is 2.46. The average Bonchev–Trinajstić information content (AvgIpc) is 2.85. The second-order valence-electron chi connectivity index (χ2n) is 4.59. The molecule has 0 aliphatic carbocycles. The molecule has 2 heterocycles. The number of nitrogens with one attached hydrogen (secondary N) is 1. The Morgan fingerprint density at radius 1 is 1.56 bits per heavy atom. The van der Waals surface area contributed by atoms with Crippen LogP contribution in [0.15, 0.2) is 0 Å². The molecule has 2 aliphatic heterocycles. The lowest BCUT2D eigenvalue weighted by molar-refractivity contribution is -0.137. The van der Waals surface area contributed by atoms with Gasteiger partial charge in [0.25, 0.3) is 0 Å². The first-order valence-corrected chi connectivity index (χ1v) is 5.74. The maximum Gasteiger partial charge on any atom is 0.228 e. The van der Waals surface area contributed by atoms with Crippen LogP contribution in [0.25, 0.3) is 0 Å². The van der Waals surface area contributed by atoms with Crippen molar-refractivity contribution >= 4 is 11.8 Å². The van der Waals surface area contributed by atoms with Crippen LogP contribution in [0.5, 0.6) is 0 Å². The second-order valence-corrected chi connectivity index (χ2v) is 4.59. The van der Waals surface area contributed by atoms with E-state index in [-0.39, 0.29) is 29.9 Å². The molecule has 2 rings (SSSR count). The van der Waals surface area contributed by atoms with E-state index in [2.05, 4.69) is 5.32 Å². The van der Waals surface area contributed by atoms with Crippen molar-refractivity contribution in [2.75, 3.05) is 20.2 Å². The van der Waals surface area contributed by atoms with Crippen molar-refractivity contribution in [3.63, 3.8) is 0 Å². The number of amides is 2. The molecular formula is C11H18N2O3. The van der Waals surface area contributed by atoms with E-state index < -0.39 is 0 Å². The van der Waals surface area contributed by atoms with Gasteiger partial charge in [-0.25, -0.2) is 0 Å². The molecule has 2 amide bonds. The van der Waals surface area contributed by atoms with E-state index in [0.717, 1.165) is 6.42 Å². The number of likely N-dealkylation sites (N-methyl/N-ethyl adjacent to an activating group) is 1. The zero-order valence-corrected chi connectivity index (χ0v) is 9.73. The summed E-state index contributed by atoms with van der Waals surface area (Å²) in [5.74, 6) is -0.159. The molecule has 5 heteroatoms. The van der Waals surface area contributed by atoms with Crippen LogP contribution in [-0.2, 0) is 14.3 Å². The molecule has 0 bridgehead atoms. The van der Waals surface area contributed by atoms with Crippen molar-refractivity contribution in [2.45, 2.75) is 31.9 Å². The second kappa shape index (κ2) is 4.41. The molecule has 0 aromatic rings. The number of hydrogen-bond donors (Lipinski definition) is 1. The van der Waals surface area contributed by atoms with E-state index >= 15 is 0 Å². The minimum Gasteiger partial charge on any atom is -0.376 e. The number of rotatable bonds is 2. The minimum absolute atomic E-state index is 0.0255. The Bertz CT molecular complexity index is 306. The summed E-state index contributed by atoms with van der Waals surface area (Å²) in [5, 5.41) is 2.69. The molecule has 2 aliphatic rings. The van der Waals surface area contributed by atoms with Gasteiger partial charge in [0.05, 0.1) is 18.1 Å². The molecule has 90 valence electrons. The maximum atomic E-state index is 12.1. The first-order valence-electron chi connectivity index (χ1n) is 5.74. The lowest BCUT2D eigenvalue weighted by Gasteiger charge is -2.28. The highest BCUT2D eigenvalue weighted by Crippen LogP contribution is 2.21. The van der Waals surface area contributed by atoms with Gasteiger partial charge in [0, 0.05) is 26.6 Å². The fourth-order valence-electron chi connectivity index (χ4n) is 2.46. The van der Waals surface area contributed by atoms with Crippen LogP contribution in [0.3, 0.4) is 0 Å². The van der Waals surface area contributed by atoms with Gasteiger partial charge in [-0.15, -0.1) is 0 Å². The van der Waals surface area contributed by atoms with E-state index in [1.807, 2.05) is 6.92 Å². The molecule has 0 aromatic carbocycles. The highest BCUT2D eigenvalue weighted by atomic mass is 16.5. The molecule has 0 spiro atoms. The van der Waals surface area contributed by atoms with Crippen molar-refractivity contribution in [2.24, 2.45) is 5.92 Å². The Morgan fingerprint density at radius 3 is 2.81 bits per heavy atom. The van der Waals surface area contributed by atoms with Crippen molar-refractivity contribution in [1.29, 1.82) is 0 Å². The summed E-state index contributed by atoms with van der Waals surface area (Å²) < 4.78 is 5.44. The van der Waals surface area contributed by atoms with E-state index in [1.54, 1.807) is 11.9 Å². The smallest absolute Gasteiger partial charge is 0.228 e. The Labute approximate surface area is 95.1 Å². The number of hydrogen-bond acceptors (Lipinski definition) is 3. The van der Waals surface area contributed by atoms with E-state index in [1.165, 1.54) is 0 Å². The van der Waals surface area contributed by atoms with Crippen molar-refractivity contribution < 1.29 is 14.3 Å². The van der Waals surface area contributed by atoms with Crippen molar-refractivity contribution in [3.05, 3.63) is 0 Å². The summed E-state index contributed by atoms with van der Waals surface area (Å²) in [6, 6.07) is 0.156. The lowest BCUT2D eigenvalue weighted by Crippen LogP contribution is -2.44. The van der Waals surface area contributed by atoms with Crippen LogP contribution in [-0.4, -0.2) is 49.1 Å². The molecule has 1 N–H and O–H groups in total. The Hall–Kier alpha value is -1.10. The zero-order chi connectivity index (χ0) is 11.7. The summed E-state index contributed by atoms with van der Waals surface area (Å²) in [6.07, 6.45) is 1.31. The molecule has 2 saturated heterocycles. The molecular weight excluding hydrogens is 208 g/mol. The maximum absolute atomic E-state index is 12.1. The molecule has 0 radical (unpaired) electrons. The van der Waals surface area contributed by atoms with Crippen LogP contribution in [0, 0.1) is 5.92 Å². The van der Waals surface area contributed by atoms with E-state index in [4.69, 9.17) is 4.74 Å². The Morgan fingerprint density at radius 2 is 2.31 bits per heavy atom. The van der Waals surface area contributed by atoms with Gasteiger partial charge in [0.1, 0.15) is 0 Å². The van der Waals surface area contributed by atoms with Gasteiger partial charge in [-0.2, -0.15) is 0 Å². The molecule has 5 nitrogen and oxygen atoms in total. The predicted molar refractivity (Wildman–Crippen MR) is 57.7 cm³/mol. The summed E-state index contributed by atoms with van der Waals surface area (Å²) in [7, 11) is 1.81. The fraction of sp³-hybridized carbons (Fsp3) is 0.818. The minimum atomic E-state index is -0.190. The van der Waals surface area contributed by atoms with Crippen LogP contribution < -0.4 is 5.32 Å². The quantitative estimate of drug-likeness (QED) is 0.707. The molecule has 3 atom stereocenters. The van der Waals surface area contributed by atoms with Crippen LogP contribution in [0.2, 0.25) is 0 Å². The van der Waals surface area contributed by atoms with E-state index in [9.17, 15) is 9.59 Å². The molecule has 0 saturated carbocycles. The first kappa shape index (κ1) is 11.4. The largest absolute Gasteiger partial charge is 0.376 e. The predicted octanol–water partition coefficient (Wildman–Crippen LogP) is -0.242. The summed E-state index contributed by atoms with van der Waals surface area (Å²) in [6.45, 7) is 3.18. The van der Waals surface area contributed by atoms with E-state index in [0.29, 0.717) is 19.6 Å². The van der Waals surface area contributed by atoms with Gasteiger partial charge in [0.15, 0.2) is 0 Å². The monoisotopic (exact) mass is 226 g/mol. The number of carbonyl (C=O) groups excluding carboxylic acids is 2. The topological polar surface area (TPSA) is 58.6 Å². The van der Waals surface area contributed by atoms with Gasteiger partial charge < -0.3 is 15.0 Å². The first-order chi connectivity index (χ1) is 7.59. The standard InChI is InChI=1S/C11H18N2O3/c1-7-9(3-4-16-7)13(2)11(15)8-5-10(14)12-6-8/h7-9H,3-6H2,1-2H3,(H,12,14). The number of ether oxygens (including phenoxy) is 1. The van der Waals surface area contributed by atoms with Gasteiger partial charge in [-0.3, -0.25) is 9.59 Å². The highest BCUT2D eigenvalue weighted by Gasteiger charge is 2.36. The summed E-state index contributed by atoms with van der Waals surface area (Å²) in [4.78, 5) is 24.9. The van der Waals surface area contributed by atoms with Gasteiger partial charge in [-0.05, 0) is 13.3 Å². The van der Waals surface area contributed by atoms with Gasteiger partial charge >= 0.3 is 0 Å². The number of carbonyl (C=O) groups is 2. The highest BCUT2D eigenvalue weighted by molar-refractivity contribution is 5.89. The molecule has 16 heavy (non-hydrogen) atoms. The Balaban J connectivity index is 1.96. The third-order valence-electron chi connectivity index (χ3n) is 3.51. The zero-order valence-electron chi connectivity index (χ0n) is 9.73. The SMILES string of the molecule is CC1OCCC1N(C)C(=O)C1CNC(=O)C1. The third-order valence-corrected chi connectivity index (χ3v) is 3.51. The molecule has 3 unspecified atom stereocenters. The lowest BCUT2D eigenvalue weighted by atomic mass is 10.0. The molecule has 2 fully saturated rings. The third kappa shape index (κ3) is 2.04. The van der Waals surface area contributed by atoms with Crippen molar-refractivity contribution in [3.8, 4) is 0 Å². The van der Waals surface area contributed by atoms with Gasteiger partial charge in [-0.1, -0.05) is 0 Å². The normalized spacial score (nSPS) is 33.9. The van der Waals surface area contributed by atoms with Crippen LogP contribution in [0.1, 0.15) is 19.8 Å². The summed E-state index contributed by atoms with van der Waals surface area (Å²) in [5.41, 5.74) is 0. The summed E-state index contributed by atoms with van der Waals surface area (Å²) >= 11 is 0. The van der Waals surface area contributed by atoms with Gasteiger partial charge in [0.2, 0.25) is 11.8 Å².